The van der Waals surface area contributed by atoms with Crippen LogP contribution < -0.4 is 5.32 Å². The fourth-order valence-electron chi connectivity index (χ4n) is 2.75. The monoisotopic (exact) mass is 315 g/mol. The molecule has 1 aromatic carbocycles. The number of hydrogen-bond donors (Lipinski definition) is 2. The van der Waals surface area contributed by atoms with Gasteiger partial charge in [0.15, 0.2) is 0 Å². The molecular formula is C17H21N3O3. The van der Waals surface area contributed by atoms with Crippen LogP contribution in [0.4, 0.5) is 0 Å². The number of nitrogens with one attached hydrogen (secondary N) is 1. The van der Waals surface area contributed by atoms with Crippen LogP contribution in [-0.4, -0.2) is 26.5 Å². The number of rotatable bonds is 6. The summed E-state index contributed by atoms with van der Waals surface area (Å²) in [6.45, 7) is 3.80. The molecule has 0 radical (unpaired) electrons. The zero-order valence-electron chi connectivity index (χ0n) is 13.4. The largest absolute Gasteiger partial charge is 0.481 e. The van der Waals surface area contributed by atoms with E-state index in [9.17, 15) is 9.59 Å². The zero-order chi connectivity index (χ0) is 16.6. The molecule has 0 bridgehead atoms. The zero-order valence-corrected chi connectivity index (χ0v) is 13.4. The first-order valence-corrected chi connectivity index (χ1v) is 8.01. The van der Waals surface area contributed by atoms with Gasteiger partial charge in [0.2, 0.25) is 5.91 Å². The Bertz CT molecular complexity index is 762. The highest BCUT2D eigenvalue weighted by molar-refractivity contribution is 5.96. The van der Waals surface area contributed by atoms with Crippen molar-refractivity contribution in [2.45, 2.75) is 45.7 Å². The number of hydrogen-bond acceptors (Lipinski definition) is 3. The molecule has 1 fully saturated rings. The van der Waals surface area contributed by atoms with Crippen molar-refractivity contribution in [3.63, 3.8) is 0 Å². The molecule has 0 aliphatic heterocycles. The van der Waals surface area contributed by atoms with Crippen LogP contribution in [0.25, 0.3) is 11.0 Å². The number of imidazole rings is 1. The highest BCUT2D eigenvalue weighted by atomic mass is 16.4. The average molecular weight is 315 g/mol. The molecule has 1 aliphatic rings. The van der Waals surface area contributed by atoms with Crippen molar-refractivity contribution in [3.8, 4) is 0 Å². The number of aromatic nitrogens is 2. The minimum Gasteiger partial charge on any atom is -0.481 e. The highest BCUT2D eigenvalue weighted by Gasteiger charge is 2.27. The predicted octanol–water partition coefficient (Wildman–Crippen LogP) is 2.27. The Morgan fingerprint density at radius 3 is 2.78 bits per heavy atom. The van der Waals surface area contributed by atoms with Gasteiger partial charge >= 0.3 is 5.97 Å². The van der Waals surface area contributed by atoms with Crippen molar-refractivity contribution in [1.29, 1.82) is 0 Å². The van der Waals surface area contributed by atoms with E-state index in [2.05, 4.69) is 16.8 Å². The minimum absolute atomic E-state index is 0.310. The number of carboxylic acid groups (broad SMARTS) is 1. The summed E-state index contributed by atoms with van der Waals surface area (Å²) in [6, 6.07) is 6.56. The van der Waals surface area contributed by atoms with Gasteiger partial charge in [0.25, 0.3) is 0 Å². The molecule has 6 nitrogen and oxygen atoms in total. The van der Waals surface area contributed by atoms with Crippen molar-refractivity contribution in [3.05, 3.63) is 29.6 Å². The third-order valence-electron chi connectivity index (χ3n) is 4.29. The summed E-state index contributed by atoms with van der Waals surface area (Å²) in [5.74, 6) is -1.54. The number of fused-ring (bicyclic) bond motifs is 1. The predicted molar refractivity (Wildman–Crippen MR) is 86.0 cm³/mol. The summed E-state index contributed by atoms with van der Waals surface area (Å²) in [5.41, 5.74) is 3.00. The summed E-state index contributed by atoms with van der Waals surface area (Å²) >= 11 is 0. The third-order valence-corrected chi connectivity index (χ3v) is 4.29. The Hall–Kier alpha value is -2.37. The molecule has 0 spiro atoms. The van der Waals surface area contributed by atoms with Gasteiger partial charge in [-0.15, -0.1) is 0 Å². The molecule has 2 N–H and O–H groups in total. The fraction of sp³-hybridized carbons (Fsp3) is 0.471. The first-order valence-electron chi connectivity index (χ1n) is 8.01. The Morgan fingerprint density at radius 2 is 2.17 bits per heavy atom. The van der Waals surface area contributed by atoms with Gasteiger partial charge in [0, 0.05) is 19.0 Å². The quantitative estimate of drug-likeness (QED) is 0.801. The number of aryl methyl sites for hydroxylation is 1. The molecule has 1 unspecified atom stereocenters. The van der Waals surface area contributed by atoms with E-state index < -0.39 is 17.8 Å². The molecular weight excluding hydrogens is 294 g/mol. The van der Waals surface area contributed by atoms with Gasteiger partial charge in [-0.3, -0.25) is 9.59 Å². The summed E-state index contributed by atoms with van der Waals surface area (Å²) in [5, 5.41) is 11.5. The van der Waals surface area contributed by atoms with E-state index in [0.717, 1.165) is 28.8 Å². The summed E-state index contributed by atoms with van der Waals surface area (Å²) in [4.78, 5) is 27.2. The van der Waals surface area contributed by atoms with Crippen LogP contribution in [0.5, 0.6) is 0 Å². The van der Waals surface area contributed by atoms with Crippen LogP contribution in [0, 0.1) is 5.92 Å². The van der Waals surface area contributed by atoms with Crippen LogP contribution in [-0.2, 0) is 22.6 Å². The third kappa shape index (κ3) is 3.06. The lowest BCUT2D eigenvalue weighted by Gasteiger charge is -2.09. The summed E-state index contributed by atoms with van der Waals surface area (Å²) < 4.78 is 2.32. The molecule has 23 heavy (non-hydrogen) atoms. The molecule has 3 rings (SSSR count). The number of benzene rings is 1. The lowest BCUT2D eigenvalue weighted by Crippen LogP contribution is -2.33. The topological polar surface area (TPSA) is 84.2 Å². The maximum absolute atomic E-state index is 11.7. The standard InChI is InChI=1S/C17H21N3O3/c1-3-15-19-13-8-11(9-18-16(21)10(2)17(22)23)4-7-14(13)20(15)12-5-6-12/h4,7-8,10,12H,3,5-6,9H2,1-2H3,(H,18,21)(H,22,23). The van der Waals surface area contributed by atoms with Gasteiger partial charge in [-0.25, -0.2) is 4.98 Å². The molecule has 0 saturated heterocycles. The first kappa shape index (κ1) is 15.5. The number of carbonyl (C=O) groups excluding carboxylic acids is 1. The lowest BCUT2D eigenvalue weighted by atomic mass is 10.1. The molecule has 1 atom stereocenters. The van der Waals surface area contributed by atoms with E-state index in [1.165, 1.54) is 19.8 Å². The highest BCUT2D eigenvalue weighted by Crippen LogP contribution is 2.38. The van der Waals surface area contributed by atoms with Crippen LogP contribution in [0.2, 0.25) is 0 Å². The van der Waals surface area contributed by atoms with E-state index in [1.807, 2.05) is 18.2 Å². The molecule has 122 valence electrons. The maximum Gasteiger partial charge on any atom is 0.315 e. The van der Waals surface area contributed by atoms with Crippen molar-refractivity contribution in [2.75, 3.05) is 0 Å². The van der Waals surface area contributed by atoms with Crippen LogP contribution >= 0.6 is 0 Å². The smallest absolute Gasteiger partial charge is 0.315 e. The molecule has 1 aromatic heterocycles. The Labute approximate surface area is 134 Å². The summed E-state index contributed by atoms with van der Waals surface area (Å²) in [6.07, 6.45) is 3.32. The van der Waals surface area contributed by atoms with Gasteiger partial charge in [0.1, 0.15) is 11.7 Å². The molecule has 1 saturated carbocycles. The van der Waals surface area contributed by atoms with Crippen LogP contribution in [0.3, 0.4) is 0 Å². The van der Waals surface area contributed by atoms with Crippen molar-refractivity contribution in [2.24, 2.45) is 5.92 Å². The molecule has 2 aromatic rings. The second kappa shape index (κ2) is 6.02. The molecule has 1 amide bonds. The Kier molecular flexibility index (Phi) is 4.07. The fourth-order valence-corrected chi connectivity index (χ4v) is 2.75. The maximum atomic E-state index is 11.7. The number of carbonyl (C=O) groups is 2. The average Bonchev–Trinajstić information content (AvgIpc) is 3.31. The van der Waals surface area contributed by atoms with Gasteiger partial charge in [-0.05, 0) is 37.5 Å². The van der Waals surface area contributed by atoms with E-state index in [-0.39, 0.29) is 0 Å². The van der Waals surface area contributed by atoms with Gasteiger partial charge in [-0.1, -0.05) is 13.0 Å². The number of carboxylic acids is 1. The number of nitrogens with zero attached hydrogens (tertiary/aromatic N) is 2. The van der Waals surface area contributed by atoms with E-state index in [4.69, 9.17) is 10.1 Å². The van der Waals surface area contributed by atoms with Crippen LogP contribution in [0.1, 0.15) is 44.1 Å². The second-order valence-corrected chi connectivity index (χ2v) is 6.08. The SMILES string of the molecule is CCc1nc2cc(CNC(=O)C(C)C(=O)O)ccc2n1C1CC1. The molecule has 1 heterocycles. The van der Waals surface area contributed by atoms with Crippen molar-refractivity contribution >= 4 is 22.9 Å². The second-order valence-electron chi connectivity index (χ2n) is 6.08. The van der Waals surface area contributed by atoms with Crippen LogP contribution in [0.15, 0.2) is 18.2 Å². The minimum atomic E-state index is -1.12. The Balaban J connectivity index is 1.78. The van der Waals surface area contributed by atoms with Gasteiger partial charge in [0.05, 0.1) is 11.0 Å². The Morgan fingerprint density at radius 1 is 1.43 bits per heavy atom. The first-order chi connectivity index (χ1) is 11.0. The number of amides is 1. The van der Waals surface area contributed by atoms with E-state index >= 15 is 0 Å². The van der Waals surface area contributed by atoms with Gasteiger partial charge < -0.3 is 15.0 Å². The number of aliphatic carboxylic acids is 1. The molecule has 6 heteroatoms. The lowest BCUT2D eigenvalue weighted by molar-refractivity contribution is -0.146. The van der Waals surface area contributed by atoms with Crippen molar-refractivity contribution < 1.29 is 14.7 Å². The summed E-state index contributed by atoms with van der Waals surface area (Å²) in [7, 11) is 0. The van der Waals surface area contributed by atoms with Crippen molar-refractivity contribution in [1.82, 2.24) is 14.9 Å². The van der Waals surface area contributed by atoms with E-state index in [0.29, 0.717) is 12.6 Å². The van der Waals surface area contributed by atoms with E-state index in [1.54, 1.807) is 0 Å². The normalized spacial score (nSPS) is 15.6. The van der Waals surface area contributed by atoms with Gasteiger partial charge in [-0.2, -0.15) is 0 Å². The molecule has 1 aliphatic carbocycles.